The van der Waals surface area contributed by atoms with Crippen molar-refractivity contribution in [3.63, 3.8) is 0 Å². The highest BCUT2D eigenvalue weighted by atomic mass is 16.5. The van der Waals surface area contributed by atoms with Gasteiger partial charge in [-0.05, 0) is 24.3 Å². The van der Waals surface area contributed by atoms with Crippen molar-refractivity contribution in [2.24, 2.45) is 0 Å². The molecule has 0 aliphatic carbocycles. The molecule has 4 rings (SSSR count). The molecule has 1 amide bonds. The number of methoxy groups -OCH3 is 2. The molecule has 1 saturated heterocycles. The quantitative estimate of drug-likeness (QED) is 0.685. The molecule has 0 spiro atoms. The van der Waals surface area contributed by atoms with Gasteiger partial charge in [0.15, 0.2) is 0 Å². The van der Waals surface area contributed by atoms with E-state index in [4.69, 9.17) is 14.0 Å². The average molecular weight is 366 g/mol. The fourth-order valence-electron chi connectivity index (χ4n) is 2.95. The van der Waals surface area contributed by atoms with E-state index in [9.17, 15) is 4.79 Å². The zero-order chi connectivity index (χ0) is 18.8. The van der Waals surface area contributed by atoms with Crippen molar-refractivity contribution in [1.82, 2.24) is 20.0 Å². The zero-order valence-electron chi connectivity index (χ0n) is 15.0. The lowest BCUT2D eigenvalue weighted by molar-refractivity contribution is 0.0566. The van der Waals surface area contributed by atoms with Crippen molar-refractivity contribution in [2.75, 3.05) is 27.3 Å². The van der Waals surface area contributed by atoms with Crippen LogP contribution in [0.2, 0.25) is 0 Å². The minimum Gasteiger partial charge on any atom is -0.497 e. The van der Waals surface area contributed by atoms with Crippen LogP contribution in [-0.4, -0.2) is 53.2 Å². The summed E-state index contributed by atoms with van der Waals surface area (Å²) in [6.45, 7) is 1.02. The van der Waals surface area contributed by atoms with Crippen LogP contribution in [0.3, 0.4) is 0 Å². The van der Waals surface area contributed by atoms with Crippen LogP contribution < -0.4 is 9.47 Å². The minimum absolute atomic E-state index is 0.0168. The lowest BCUT2D eigenvalue weighted by atomic mass is 9.98. The molecule has 1 aromatic carbocycles. The second-order valence-electron chi connectivity index (χ2n) is 6.14. The number of hydrogen-bond donors (Lipinski definition) is 0. The third-order valence-corrected chi connectivity index (χ3v) is 4.49. The summed E-state index contributed by atoms with van der Waals surface area (Å²) >= 11 is 0. The molecule has 1 aliphatic rings. The average Bonchev–Trinajstić information content (AvgIpc) is 3.16. The summed E-state index contributed by atoms with van der Waals surface area (Å²) in [7, 11) is 3.10. The van der Waals surface area contributed by atoms with E-state index < -0.39 is 0 Å². The number of ether oxygens (including phenoxy) is 2. The van der Waals surface area contributed by atoms with E-state index in [0.717, 1.165) is 0 Å². The van der Waals surface area contributed by atoms with Gasteiger partial charge in [-0.25, -0.2) is 0 Å². The Labute approximate surface area is 155 Å². The Morgan fingerprint density at radius 1 is 1.19 bits per heavy atom. The summed E-state index contributed by atoms with van der Waals surface area (Å²) in [6, 6.07) is 10.7. The normalized spacial score (nSPS) is 13.9. The first-order valence-corrected chi connectivity index (χ1v) is 8.46. The number of carbonyl (C=O) groups is 1. The van der Waals surface area contributed by atoms with Crippen LogP contribution >= 0.6 is 0 Å². The Bertz CT molecular complexity index is 951. The predicted molar refractivity (Wildman–Crippen MR) is 95.7 cm³/mol. The van der Waals surface area contributed by atoms with Crippen molar-refractivity contribution in [1.29, 1.82) is 0 Å². The highest BCUT2D eigenvalue weighted by Crippen LogP contribution is 2.31. The summed E-state index contributed by atoms with van der Waals surface area (Å²) in [6.07, 6.45) is 1.68. The second-order valence-corrected chi connectivity index (χ2v) is 6.14. The lowest BCUT2D eigenvalue weighted by Crippen LogP contribution is -2.48. The van der Waals surface area contributed by atoms with E-state index in [1.54, 1.807) is 36.4 Å². The Morgan fingerprint density at radius 3 is 2.74 bits per heavy atom. The van der Waals surface area contributed by atoms with Crippen LogP contribution in [0.25, 0.3) is 11.5 Å². The first-order chi connectivity index (χ1) is 13.2. The van der Waals surface area contributed by atoms with Crippen molar-refractivity contribution in [3.05, 3.63) is 54.0 Å². The van der Waals surface area contributed by atoms with Crippen molar-refractivity contribution >= 4 is 5.91 Å². The van der Waals surface area contributed by atoms with Crippen LogP contribution in [0.15, 0.2) is 47.1 Å². The number of amides is 1. The van der Waals surface area contributed by atoms with Gasteiger partial charge in [0.1, 0.15) is 17.2 Å². The number of pyridine rings is 1. The van der Waals surface area contributed by atoms with Gasteiger partial charge in [0.2, 0.25) is 11.7 Å². The van der Waals surface area contributed by atoms with Gasteiger partial charge in [-0.2, -0.15) is 4.98 Å². The molecule has 0 unspecified atom stereocenters. The standard InChI is InChI=1S/C19H18N4O4/c1-25-13-6-7-14(16(9-13)26-2)19(24)23-10-12(11-23)18-21-17(22-27-18)15-5-3-4-8-20-15/h3-9,12H,10-11H2,1-2H3. The molecule has 3 aromatic rings. The van der Waals surface area contributed by atoms with Crippen LogP contribution in [0, 0.1) is 0 Å². The molecular formula is C19H18N4O4. The summed E-state index contributed by atoms with van der Waals surface area (Å²) in [5, 5.41) is 3.98. The molecule has 8 heteroatoms. The second kappa shape index (κ2) is 7.06. The fourth-order valence-corrected chi connectivity index (χ4v) is 2.95. The molecule has 138 valence electrons. The Morgan fingerprint density at radius 2 is 2.04 bits per heavy atom. The van der Waals surface area contributed by atoms with Gasteiger partial charge in [-0.3, -0.25) is 9.78 Å². The molecule has 0 atom stereocenters. The van der Waals surface area contributed by atoms with E-state index in [1.165, 1.54) is 7.11 Å². The SMILES string of the molecule is COc1ccc(C(=O)N2CC(c3nc(-c4ccccn4)no3)C2)c(OC)c1. The zero-order valence-corrected chi connectivity index (χ0v) is 15.0. The van der Waals surface area contributed by atoms with Gasteiger partial charge in [-0.15, -0.1) is 0 Å². The maximum Gasteiger partial charge on any atom is 0.257 e. The van der Waals surface area contributed by atoms with Crippen LogP contribution in [-0.2, 0) is 0 Å². The van der Waals surface area contributed by atoms with E-state index in [2.05, 4.69) is 15.1 Å². The summed E-state index contributed by atoms with van der Waals surface area (Å²) in [4.78, 5) is 23.1. The summed E-state index contributed by atoms with van der Waals surface area (Å²) in [5.41, 5.74) is 1.15. The molecule has 0 radical (unpaired) electrons. The highest BCUT2D eigenvalue weighted by Gasteiger charge is 2.37. The van der Waals surface area contributed by atoms with Crippen molar-refractivity contribution < 1.29 is 18.8 Å². The highest BCUT2D eigenvalue weighted by molar-refractivity contribution is 5.97. The molecule has 0 bridgehead atoms. The van der Waals surface area contributed by atoms with Gasteiger partial charge in [0.05, 0.1) is 25.7 Å². The Balaban J connectivity index is 1.44. The first-order valence-electron chi connectivity index (χ1n) is 8.46. The van der Waals surface area contributed by atoms with Crippen molar-refractivity contribution in [3.8, 4) is 23.0 Å². The molecule has 1 fully saturated rings. The lowest BCUT2D eigenvalue weighted by Gasteiger charge is -2.37. The van der Waals surface area contributed by atoms with E-state index in [1.807, 2.05) is 18.2 Å². The topological polar surface area (TPSA) is 90.6 Å². The Hall–Kier alpha value is -3.42. The summed E-state index contributed by atoms with van der Waals surface area (Å²) < 4.78 is 15.8. The molecular weight excluding hydrogens is 348 g/mol. The van der Waals surface area contributed by atoms with Gasteiger partial charge >= 0.3 is 0 Å². The fraction of sp³-hybridized carbons (Fsp3) is 0.263. The van der Waals surface area contributed by atoms with E-state index >= 15 is 0 Å². The molecule has 2 aromatic heterocycles. The molecule has 1 aliphatic heterocycles. The molecule has 3 heterocycles. The van der Waals surface area contributed by atoms with E-state index in [-0.39, 0.29) is 11.8 Å². The third kappa shape index (κ3) is 3.21. The van der Waals surface area contributed by atoms with Crippen LogP contribution in [0.5, 0.6) is 11.5 Å². The number of likely N-dealkylation sites (tertiary alicyclic amines) is 1. The van der Waals surface area contributed by atoms with Gasteiger partial charge in [0, 0.05) is 25.4 Å². The van der Waals surface area contributed by atoms with Gasteiger partial charge < -0.3 is 18.9 Å². The van der Waals surface area contributed by atoms with E-state index in [0.29, 0.717) is 47.6 Å². The van der Waals surface area contributed by atoms with Gasteiger partial charge in [-0.1, -0.05) is 11.2 Å². The number of benzene rings is 1. The van der Waals surface area contributed by atoms with Gasteiger partial charge in [0.25, 0.3) is 5.91 Å². The Kier molecular flexibility index (Phi) is 4.45. The number of nitrogens with zero attached hydrogens (tertiary/aromatic N) is 4. The third-order valence-electron chi connectivity index (χ3n) is 4.49. The monoisotopic (exact) mass is 366 g/mol. The maximum atomic E-state index is 12.7. The number of aromatic nitrogens is 3. The molecule has 27 heavy (non-hydrogen) atoms. The number of rotatable bonds is 5. The minimum atomic E-state index is -0.102. The molecule has 8 nitrogen and oxygen atoms in total. The van der Waals surface area contributed by atoms with Crippen LogP contribution in [0.1, 0.15) is 22.2 Å². The van der Waals surface area contributed by atoms with Crippen molar-refractivity contribution in [2.45, 2.75) is 5.92 Å². The maximum absolute atomic E-state index is 12.7. The smallest absolute Gasteiger partial charge is 0.257 e. The first kappa shape index (κ1) is 17.0. The largest absolute Gasteiger partial charge is 0.497 e. The number of carbonyl (C=O) groups excluding carboxylic acids is 1. The predicted octanol–water partition coefficient (Wildman–Crippen LogP) is 2.39. The van der Waals surface area contributed by atoms with Crippen LogP contribution in [0.4, 0.5) is 0 Å². The molecule has 0 saturated carbocycles. The molecule has 0 N–H and O–H groups in total. The summed E-state index contributed by atoms with van der Waals surface area (Å²) in [5.74, 6) is 2.00. The number of hydrogen-bond acceptors (Lipinski definition) is 7.